The number of carbonyl (C=O) groups is 1. The second kappa shape index (κ2) is 7.64. The van der Waals surface area contributed by atoms with Crippen LogP contribution in [-0.2, 0) is 14.8 Å². The number of benzene rings is 2. The van der Waals surface area contributed by atoms with Gasteiger partial charge in [0.2, 0.25) is 15.9 Å². The van der Waals surface area contributed by atoms with Crippen molar-refractivity contribution in [2.45, 2.75) is 13.8 Å². The van der Waals surface area contributed by atoms with E-state index < -0.39 is 22.5 Å². The Kier molecular flexibility index (Phi) is 5.98. The van der Waals surface area contributed by atoms with E-state index in [-0.39, 0.29) is 10.7 Å². The fraction of sp³-hybridized carbons (Fsp3) is 0.235. The Balaban J connectivity index is 2.30. The zero-order valence-corrected chi connectivity index (χ0v) is 16.3. The van der Waals surface area contributed by atoms with Crippen molar-refractivity contribution >= 4 is 50.5 Å². The van der Waals surface area contributed by atoms with Gasteiger partial charge in [-0.05, 0) is 49.2 Å². The van der Waals surface area contributed by atoms with E-state index in [1.54, 1.807) is 12.1 Å². The number of nitrogens with one attached hydrogen (secondary N) is 1. The molecule has 134 valence electrons. The molecule has 0 bridgehead atoms. The maximum absolute atomic E-state index is 12.4. The molecule has 0 radical (unpaired) electrons. The molecule has 2 aromatic carbocycles. The first-order valence-corrected chi connectivity index (χ1v) is 9.99. The highest BCUT2D eigenvalue weighted by molar-refractivity contribution is 7.92. The van der Waals surface area contributed by atoms with Gasteiger partial charge >= 0.3 is 0 Å². The van der Waals surface area contributed by atoms with Gasteiger partial charge in [0.15, 0.2) is 0 Å². The molecule has 0 spiro atoms. The zero-order chi connectivity index (χ0) is 18.8. The smallest absolute Gasteiger partial charge is 0.245 e. The second-order valence-electron chi connectivity index (χ2n) is 5.66. The molecule has 0 saturated heterocycles. The van der Waals surface area contributed by atoms with Gasteiger partial charge in [-0.2, -0.15) is 0 Å². The summed E-state index contributed by atoms with van der Waals surface area (Å²) in [5.41, 5.74) is 2.74. The first-order chi connectivity index (χ1) is 11.6. The van der Waals surface area contributed by atoms with Crippen molar-refractivity contribution in [3.8, 4) is 0 Å². The third kappa shape index (κ3) is 4.87. The van der Waals surface area contributed by atoms with Crippen molar-refractivity contribution in [2.75, 3.05) is 22.4 Å². The Hall–Kier alpha value is -1.76. The quantitative estimate of drug-likeness (QED) is 0.823. The van der Waals surface area contributed by atoms with Gasteiger partial charge in [-0.1, -0.05) is 35.3 Å². The van der Waals surface area contributed by atoms with Crippen LogP contribution in [-0.4, -0.2) is 27.1 Å². The topological polar surface area (TPSA) is 66.5 Å². The first kappa shape index (κ1) is 19.6. The van der Waals surface area contributed by atoms with Gasteiger partial charge in [0.05, 0.1) is 17.0 Å². The lowest BCUT2D eigenvalue weighted by Gasteiger charge is -2.23. The average molecular weight is 401 g/mol. The molecule has 1 amide bonds. The van der Waals surface area contributed by atoms with E-state index in [9.17, 15) is 13.2 Å². The number of halogens is 2. The minimum atomic E-state index is -3.73. The molecule has 0 saturated carbocycles. The van der Waals surface area contributed by atoms with Gasteiger partial charge in [-0.3, -0.25) is 9.10 Å². The van der Waals surface area contributed by atoms with Crippen molar-refractivity contribution in [2.24, 2.45) is 0 Å². The Labute approximate surface area is 157 Å². The fourth-order valence-corrected chi connectivity index (χ4v) is 3.56. The van der Waals surface area contributed by atoms with E-state index >= 15 is 0 Å². The highest BCUT2D eigenvalue weighted by atomic mass is 35.5. The summed E-state index contributed by atoms with van der Waals surface area (Å²) in [5.74, 6) is -0.477. The van der Waals surface area contributed by atoms with Crippen LogP contribution in [0.3, 0.4) is 0 Å². The number of nitrogens with zero attached hydrogens (tertiary/aromatic N) is 1. The number of amides is 1. The van der Waals surface area contributed by atoms with Gasteiger partial charge in [-0.15, -0.1) is 0 Å². The molecule has 0 heterocycles. The van der Waals surface area contributed by atoms with Gasteiger partial charge in [0.25, 0.3) is 0 Å². The van der Waals surface area contributed by atoms with Crippen LogP contribution < -0.4 is 9.62 Å². The van der Waals surface area contributed by atoms with Crippen LogP contribution in [0.2, 0.25) is 10.0 Å². The van der Waals surface area contributed by atoms with Crippen LogP contribution in [0.25, 0.3) is 0 Å². The van der Waals surface area contributed by atoms with Crippen molar-refractivity contribution < 1.29 is 13.2 Å². The number of anilines is 2. The Morgan fingerprint density at radius 3 is 2.48 bits per heavy atom. The molecule has 0 aliphatic heterocycles. The van der Waals surface area contributed by atoms with Crippen LogP contribution >= 0.6 is 23.2 Å². The summed E-state index contributed by atoms with van der Waals surface area (Å²) in [7, 11) is -3.73. The molecule has 2 rings (SSSR count). The number of hydrogen-bond donors (Lipinski definition) is 1. The lowest BCUT2D eigenvalue weighted by Crippen LogP contribution is -2.37. The fourth-order valence-electron chi connectivity index (χ4n) is 2.26. The summed E-state index contributed by atoms with van der Waals surface area (Å²) < 4.78 is 25.2. The molecule has 0 atom stereocenters. The average Bonchev–Trinajstić information content (AvgIpc) is 2.51. The normalized spacial score (nSPS) is 11.2. The molecule has 2 aromatic rings. The summed E-state index contributed by atoms with van der Waals surface area (Å²) in [4.78, 5) is 12.4. The Morgan fingerprint density at radius 1 is 1.16 bits per heavy atom. The van der Waals surface area contributed by atoms with Gasteiger partial charge in [-0.25, -0.2) is 8.42 Å². The van der Waals surface area contributed by atoms with Crippen molar-refractivity contribution in [3.63, 3.8) is 0 Å². The van der Waals surface area contributed by atoms with E-state index in [0.29, 0.717) is 10.7 Å². The highest BCUT2D eigenvalue weighted by Gasteiger charge is 2.23. The summed E-state index contributed by atoms with van der Waals surface area (Å²) >= 11 is 12.0. The number of carbonyl (C=O) groups excluding carboxylic acids is 1. The largest absolute Gasteiger partial charge is 0.324 e. The predicted octanol–water partition coefficient (Wildman–Crippen LogP) is 4.01. The van der Waals surface area contributed by atoms with E-state index in [1.807, 2.05) is 26.0 Å². The number of aryl methyl sites for hydroxylation is 1. The molecular weight excluding hydrogens is 383 g/mol. The monoisotopic (exact) mass is 400 g/mol. The molecular formula is C17H18Cl2N2O3S. The first-order valence-electron chi connectivity index (χ1n) is 7.38. The summed E-state index contributed by atoms with van der Waals surface area (Å²) in [6, 6.07) is 9.96. The molecule has 0 aliphatic carbocycles. The maximum Gasteiger partial charge on any atom is 0.245 e. The predicted molar refractivity (Wildman–Crippen MR) is 103 cm³/mol. The highest BCUT2D eigenvalue weighted by Crippen LogP contribution is 2.30. The summed E-state index contributed by atoms with van der Waals surface area (Å²) in [6.07, 6.45) is 1.01. The molecule has 1 N–H and O–H groups in total. The van der Waals surface area contributed by atoms with Crippen molar-refractivity contribution in [3.05, 3.63) is 57.6 Å². The van der Waals surface area contributed by atoms with Crippen molar-refractivity contribution in [1.29, 1.82) is 0 Å². The van der Waals surface area contributed by atoms with Gasteiger partial charge in [0, 0.05) is 10.7 Å². The zero-order valence-electron chi connectivity index (χ0n) is 14.0. The molecule has 8 heteroatoms. The SMILES string of the molecule is Cc1cccc(NC(=O)CN(c2cc(Cl)ccc2Cl)S(C)(=O)=O)c1C. The maximum atomic E-state index is 12.4. The molecule has 0 unspecified atom stereocenters. The van der Waals surface area contributed by atoms with Gasteiger partial charge in [0.1, 0.15) is 6.54 Å². The van der Waals surface area contributed by atoms with E-state index in [1.165, 1.54) is 12.1 Å². The molecule has 25 heavy (non-hydrogen) atoms. The third-order valence-electron chi connectivity index (χ3n) is 3.74. The molecule has 0 aromatic heterocycles. The molecule has 5 nitrogen and oxygen atoms in total. The van der Waals surface area contributed by atoms with E-state index in [4.69, 9.17) is 23.2 Å². The van der Waals surface area contributed by atoms with Crippen LogP contribution in [0.15, 0.2) is 36.4 Å². The molecule has 0 fully saturated rings. The van der Waals surface area contributed by atoms with Crippen molar-refractivity contribution in [1.82, 2.24) is 0 Å². The van der Waals surface area contributed by atoms with Crippen LogP contribution in [0, 0.1) is 13.8 Å². The second-order valence-corrected chi connectivity index (χ2v) is 8.41. The van der Waals surface area contributed by atoms with Gasteiger partial charge < -0.3 is 5.32 Å². The number of rotatable bonds is 5. The lowest BCUT2D eigenvalue weighted by atomic mass is 10.1. The van der Waals surface area contributed by atoms with Crippen LogP contribution in [0.5, 0.6) is 0 Å². The summed E-state index contributed by atoms with van der Waals surface area (Å²) in [6.45, 7) is 3.40. The minimum absolute atomic E-state index is 0.160. The standard InChI is InChI=1S/C17H18Cl2N2O3S/c1-11-5-4-6-15(12(11)2)20-17(22)10-21(25(3,23)24)16-9-13(18)7-8-14(16)19/h4-9H,10H2,1-3H3,(H,20,22). The van der Waals surface area contributed by atoms with Crippen LogP contribution in [0.4, 0.5) is 11.4 Å². The number of hydrogen-bond acceptors (Lipinski definition) is 3. The Bertz CT molecular complexity index is 914. The third-order valence-corrected chi connectivity index (χ3v) is 5.42. The minimum Gasteiger partial charge on any atom is -0.324 e. The Morgan fingerprint density at radius 2 is 1.84 bits per heavy atom. The molecule has 0 aliphatic rings. The lowest BCUT2D eigenvalue weighted by molar-refractivity contribution is -0.114. The van der Waals surface area contributed by atoms with E-state index in [0.717, 1.165) is 21.7 Å². The number of sulfonamides is 1. The summed E-state index contributed by atoms with van der Waals surface area (Å²) in [5, 5.41) is 3.25. The van der Waals surface area contributed by atoms with E-state index in [2.05, 4.69) is 5.32 Å². The van der Waals surface area contributed by atoms with Crippen LogP contribution in [0.1, 0.15) is 11.1 Å².